The fraction of sp³-hybridized carbons (Fsp3) is 1.00. The first-order valence-corrected chi connectivity index (χ1v) is 9.05. The number of rotatable bonds is 5. The highest BCUT2D eigenvalue weighted by Gasteiger charge is 2.33. The highest BCUT2D eigenvalue weighted by molar-refractivity contribution is 7.89. The van der Waals surface area contributed by atoms with E-state index in [1.807, 2.05) is 0 Å². The molecule has 0 saturated carbocycles. The Bertz CT molecular complexity index is 364. The van der Waals surface area contributed by atoms with Crippen LogP contribution in [0.15, 0.2) is 0 Å². The van der Waals surface area contributed by atoms with Crippen LogP contribution in [0.1, 0.15) is 38.5 Å². The van der Waals surface area contributed by atoms with Crippen molar-refractivity contribution in [1.82, 2.24) is 9.62 Å². The number of nitrogens with one attached hydrogen (secondary N) is 1. The lowest BCUT2D eigenvalue weighted by molar-refractivity contribution is 0.191. The molecule has 0 aliphatic carbocycles. The molecule has 0 amide bonds. The molecule has 5 nitrogen and oxygen atoms in total. The van der Waals surface area contributed by atoms with Gasteiger partial charge in [0, 0.05) is 19.2 Å². The highest BCUT2D eigenvalue weighted by atomic mass is 32.2. The minimum Gasteiger partial charge on any atom is -0.396 e. The van der Waals surface area contributed by atoms with Crippen LogP contribution in [0.5, 0.6) is 0 Å². The average molecular weight is 290 g/mol. The van der Waals surface area contributed by atoms with Gasteiger partial charge in [0.1, 0.15) is 0 Å². The highest BCUT2D eigenvalue weighted by Crippen LogP contribution is 2.25. The molecule has 0 radical (unpaired) electrons. The molecule has 19 heavy (non-hydrogen) atoms. The second kappa shape index (κ2) is 7.02. The van der Waals surface area contributed by atoms with Gasteiger partial charge < -0.3 is 10.4 Å². The number of aliphatic hydroxyl groups is 1. The number of aliphatic hydroxyl groups excluding tert-OH is 1. The molecule has 2 fully saturated rings. The summed E-state index contributed by atoms with van der Waals surface area (Å²) in [6.45, 7) is 2.53. The quantitative estimate of drug-likeness (QED) is 0.776. The maximum Gasteiger partial charge on any atom is 0.214 e. The normalized spacial score (nSPS) is 30.4. The van der Waals surface area contributed by atoms with Crippen molar-refractivity contribution in [2.45, 2.75) is 44.6 Å². The first-order valence-electron chi connectivity index (χ1n) is 7.44. The molecule has 0 spiro atoms. The number of nitrogens with zero attached hydrogens (tertiary/aromatic N) is 1. The first-order chi connectivity index (χ1) is 9.13. The van der Waals surface area contributed by atoms with Crippen LogP contribution in [0.4, 0.5) is 0 Å². The fourth-order valence-corrected chi connectivity index (χ4v) is 5.38. The summed E-state index contributed by atoms with van der Waals surface area (Å²) in [4.78, 5) is 0. The summed E-state index contributed by atoms with van der Waals surface area (Å²) < 4.78 is 26.8. The van der Waals surface area contributed by atoms with E-state index in [-0.39, 0.29) is 24.3 Å². The molecule has 0 aromatic heterocycles. The molecule has 2 unspecified atom stereocenters. The lowest BCUT2D eigenvalue weighted by Gasteiger charge is -2.36. The lowest BCUT2D eigenvalue weighted by Crippen LogP contribution is -2.47. The monoisotopic (exact) mass is 290 g/mol. The van der Waals surface area contributed by atoms with Gasteiger partial charge in [-0.05, 0) is 51.1 Å². The van der Waals surface area contributed by atoms with Gasteiger partial charge in [0.15, 0.2) is 0 Å². The molecule has 2 saturated heterocycles. The Balaban J connectivity index is 1.99. The SMILES string of the molecule is O=S(=O)(CC1CCCNC1)N1CCCCC1CCO. The Morgan fingerprint density at radius 2 is 2.05 bits per heavy atom. The van der Waals surface area contributed by atoms with Crippen molar-refractivity contribution in [2.24, 2.45) is 5.92 Å². The van der Waals surface area contributed by atoms with Crippen molar-refractivity contribution in [2.75, 3.05) is 32.0 Å². The van der Waals surface area contributed by atoms with Crippen LogP contribution < -0.4 is 5.32 Å². The molecule has 112 valence electrons. The zero-order chi connectivity index (χ0) is 13.7. The lowest BCUT2D eigenvalue weighted by atomic mass is 10.0. The van der Waals surface area contributed by atoms with Gasteiger partial charge in [-0.1, -0.05) is 6.42 Å². The van der Waals surface area contributed by atoms with Crippen molar-refractivity contribution < 1.29 is 13.5 Å². The smallest absolute Gasteiger partial charge is 0.214 e. The summed E-state index contributed by atoms with van der Waals surface area (Å²) >= 11 is 0. The van der Waals surface area contributed by atoms with Crippen molar-refractivity contribution >= 4 is 10.0 Å². The van der Waals surface area contributed by atoms with Crippen molar-refractivity contribution in [3.8, 4) is 0 Å². The maximum absolute atomic E-state index is 12.6. The third-order valence-electron chi connectivity index (χ3n) is 4.24. The third kappa shape index (κ3) is 4.15. The van der Waals surface area contributed by atoms with E-state index < -0.39 is 10.0 Å². The Hall–Kier alpha value is -0.170. The minimum absolute atomic E-state index is 0.0142. The average Bonchev–Trinajstić information content (AvgIpc) is 2.40. The van der Waals surface area contributed by atoms with E-state index in [4.69, 9.17) is 5.11 Å². The van der Waals surface area contributed by atoms with Gasteiger partial charge in [-0.3, -0.25) is 0 Å². The molecule has 2 heterocycles. The molecular weight excluding hydrogens is 264 g/mol. The van der Waals surface area contributed by atoms with Gasteiger partial charge in [-0.25, -0.2) is 8.42 Å². The molecule has 2 aliphatic rings. The van der Waals surface area contributed by atoms with Crippen molar-refractivity contribution in [3.05, 3.63) is 0 Å². The van der Waals surface area contributed by atoms with E-state index >= 15 is 0 Å². The van der Waals surface area contributed by atoms with Crippen molar-refractivity contribution in [3.63, 3.8) is 0 Å². The van der Waals surface area contributed by atoms with Crippen LogP contribution in [-0.2, 0) is 10.0 Å². The van der Waals surface area contributed by atoms with E-state index in [1.54, 1.807) is 4.31 Å². The number of piperidine rings is 2. The van der Waals surface area contributed by atoms with Crippen LogP contribution in [0.25, 0.3) is 0 Å². The molecule has 0 aromatic rings. The van der Waals surface area contributed by atoms with E-state index in [2.05, 4.69) is 5.32 Å². The summed E-state index contributed by atoms with van der Waals surface area (Å²) in [6.07, 6.45) is 5.56. The molecule has 2 aliphatic heterocycles. The zero-order valence-electron chi connectivity index (χ0n) is 11.6. The summed E-state index contributed by atoms with van der Waals surface area (Å²) in [5, 5.41) is 12.4. The van der Waals surface area contributed by atoms with Crippen LogP contribution in [0, 0.1) is 5.92 Å². The van der Waals surface area contributed by atoms with Crippen LogP contribution in [-0.4, -0.2) is 55.9 Å². The summed E-state index contributed by atoms with van der Waals surface area (Å²) in [5.41, 5.74) is 0. The van der Waals surface area contributed by atoms with Crippen LogP contribution >= 0.6 is 0 Å². The Labute approximate surface area is 116 Å². The Kier molecular flexibility index (Phi) is 5.62. The molecule has 0 aromatic carbocycles. The fourth-order valence-electron chi connectivity index (χ4n) is 3.24. The standard InChI is InChI=1S/C13H26N2O3S/c16-9-6-13-5-1-2-8-15(13)19(17,18)11-12-4-3-7-14-10-12/h12-14,16H,1-11H2. The van der Waals surface area contributed by atoms with Crippen LogP contribution in [0.2, 0.25) is 0 Å². The molecule has 6 heteroatoms. The molecule has 2 N–H and O–H groups in total. The number of hydrogen-bond acceptors (Lipinski definition) is 4. The van der Waals surface area contributed by atoms with Gasteiger partial charge in [0.25, 0.3) is 0 Å². The minimum atomic E-state index is -3.17. The molecule has 0 bridgehead atoms. The second-order valence-electron chi connectivity index (χ2n) is 5.76. The van der Waals surface area contributed by atoms with Gasteiger partial charge in [-0.15, -0.1) is 0 Å². The maximum atomic E-state index is 12.6. The van der Waals surface area contributed by atoms with Gasteiger partial charge >= 0.3 is 0 Å². The summed E-state index contributed by atoms with van der Waals surface area (Å²) in [5.74, 6) is 0.512. The van der Waals surface area contributed by atoms with E-state index in [9.17, 15) is 8.42 Å². The van der Waals surface area contributed by atoms with Gasteiger partial charge in [0.05, 0.1) is 5.75 Å². The van der Waals surface area contributed by atoms with Gasteiger partial charge in [0.2, 0.25) is 10.0 Å². The number of hydrogen-bond donors (Lipinski definition) is 2. The predicted molar refractivity (Wildman–Crippen MR) is 75.4 cm³/mol. The van der Waals surface area contributed by atoms with E-state index in [0.717, 1.165) is 45.2 Å². The number of sulfonamides is 1. The Morgan fingerprint density at radius 3 is 2.74 bits per heavy atom. The van der Waals surface area contributed by atoms with Crippen molar-refractivity contribution in [1.29, 1.82) is 0 Å². The van der Waals surface area contributed by atoms with Crippen LogP contribution in [0.3, 0.4) is 0 Å². The van der Waals surface area contributed by atoms with E-state index in [0.29, 0.717) is 13.0 Å². The molecule has 2 atom stereocenters. The largest absolute Gasteiger partial charge is 0.396 e. The zero-order valence-corrected chi connectivity index (χ0v) is 12.4. The molecule has 2 rings (SSSR count). The predicted octanol–water partition coefficient (Wildman–Crippen LogP) is 0.553. The summed E-state index contributed by atoms with van der Waals surface area (Å²) in [7, 11) is -3.17. The third-order valence-corrected chi connectivity index (χ3v) is 6.33. The first kappa shape index (κ1) is 15.2. The topological polar surface area (TPSA) is 69.6 Å². The second-order valence-corrected chi connectivity index (χ2v) is 7.73. The Morgan fingerprint density at radius 1 is 1.21 bits per heavy atom. The molecular formula is C13H26N2O3S. The summed E-state index contributed by atoms with van der Waals surface area (Å²) in [6, 6.07) is 0.0142. The van der Waals surface area contributed by atoms with E-state index in [1.165, 1.54) is 0 Å². The van der Waals surface area contributed by atoms with Gasteiger partial charge in [-0.2, -0.15) is 4.31 Å².